The highest BCUT2D eigenvalue weighted by atomic mass is 35.5. The van der Waals surface area contributed by atoms with Gasteiger partial charge in [0.05, 0.1) is 15.3 Å². The lowest BCUT2D eigenvalue weighted by molar-refractivity contribution is 0.0933. The lowest BCUT2D eigenvalue weighted by Crippen LogP contribution is -2.31. The van der Waals surface area contributed by atoms with Gasteiger partial charge in [-0.3, -0.25) is 4.79 Å². The maximum absolute atomic E-state index is 12.2. The number of rotatable bonds is 4. The van der Waals surface area contributed by atoms with Crippen LogP contribution in [0.1, 0.15) is 34.4 Å². The van der Waals surface area contributed by atoms with Crippen LogP contribution in [0.25, 0.3) is 0 Å². The summed E-state index contributed by atoms with van der Waals surface area (Å²) in [6.45, 7) is 0. The SMILES string of the molecule is Cn1ccnc1[C@@H](NC(=O)c1ccc(Cl)s1)C1CC1. The predicted molar refractivity (Wildman–Crippen MR) is 75.5 cm³/mol. The summed E-state index contributed by atoms with van der Waals surface area (Å²) in [7, 11) is 1.95. The largest absolute Gasteiger partial charge is 0.341 e. The van der Waals surface area contributed by atoms with Gasteiger partial charge < -0.3 is 9.88 Å². The standard InChI is InChI=1S/C13H14ClN3OS/c1-17-7-6-15-12(17)11(8-2-3-8)16-13(18)9-4-5-10(14)19-9/h4-8,11H,2-3H2,1H3,(H,16,18)/t11-/m0/s1. The molecule has 0 spiro atoms. The van der Waals surface area contributed by atoms with E-state index in [0.717, 1.165) is 18.7 Å². The smallest absolute Gasteiger partial charge is 0.261 e. The van der Waals surface area contributed by atoms with Crippen molar-refractivity contribution >= 4 is 28.8 Å². The summed E-state index contributed by atoms with van der Waals surface area (Å²) in [5, 5.41) is 3.08. The van der Waals surface area contributed by atoms with Crippen LogP contribution in [-0.2, 0) is 7.05 Å². The van der Waals surface area contributed by atoms with E-state index < -0.39 is 0 Å². The quantitative estimate of drug-likeness (QED) is 0.942. The van der Waals surface area contributed by atoms with Crippen LogP contribution < -0.4 is 5.32 Å². The Balaban J connectivity index is 1.79. The van der Waals surface area contributed by atoms with Gasteiger partial charge >= 0.3 is 0 Å². The Hall–Kier alpha value is -1.33. The maximum atomic E-state index is 12.2. The third-order valence-electron chi connectivity index (χ3n) is 3.31. The van der Waals surface area contributed by atoms with Gasteiger partial charge in [-0.1, -0.05) is 11.6 Å². The number of amides is 1. The second-order valence-corrected chi connectivity index (χ2v) is 6.50. The summed E-state index contributed by atoms with van der Waals surface area (Å²) in [6.07, 6.45) is 5.95. The molecule has 0 aromatic carbocycles. The maximum Gasteiger partial charge on any atom is 0.261 e. The van der Waals surface area contributed by atoms with Gasteiger partial charge in [0.25, 0.3) is 5.91 Å². The number of carbonyl (C=O) groups is 1. The number of nitrogens with one attached hydrogen (secondary N) is 1. The molecule has 1 aliphatic rings. The highest BCUT2D eigenvalue weighted by molar-refractivity contribution is 7.17. The van der Waals surface area contributed by atoms with Crippen LogP contribution in [0, 0.1) is 5.92 Å². The molecule has 1 amide bonds. The Kier molecular flexibility index (Phi) is 3.33. The topological polar surface area (TPSA) is 46.9 Å². The number of carbonyl (C=O) groups excluding carboxylic acids is 1. The molecule has 0 bridgehead atoms. The minimum absolute atomic E-state index is 0.00613. The molecular formula is C13H14ClN3OS. The molecule has 100 valence electrons. The molecule has 2 aromatic rings. The first kappa shape index (κ1) is 12.7. The van der Waals surface area contributed by atoms with Gasteiger partial charge in [-0.05, 0) is 30.9 Å². The number of thiophene rings is 1. The van der Waals surface area contributed by atoms with Crippen LogP contribution in [-0.4, -0.2) is 15.5 Å². The molecule has 1 saturated carbocycles. The van der Waals surface area contributed by atoms with E-state index in [0.29, 0.717) is 15.1 Å². The van der Waals surface area contributed by atoms with Gasteiger partial charge in [-0.15, -0.1) is 11.3 Å². The lowest BCUT2D eigenvalue weighted by Gasteiger charge is -2.17. The molecule has 0 unspecified atom stereocenters. The van der Waals surface area contributed by atoms with Gasteiger partial charge in [0.15, 0.2) is 0 Å². The molecule has 19 heavy (non-hydrogen) atoms. The Morgan fingerprint density at radius 3 is 2.89 bits per heavy atom. The summed E-state index contributed by atoms with van der Waals surface area (Å²) < 4.78 is 2.59. The van der Waals surface area contributed by atoms with Crippen LogP contribution in [0.2, 0.25) is 4.34 Å². The van der Waals surface area contributed by atoms with E-state index in [2.05, 4.69) is 10.3 Å². The van der Waals surface area contributed by atoms with E-state index in [4.69, 9.17) is 11.6 Å². The zero-order valence-electron chi connectivity index (χ0n) is 10.5. The van der Waals surface area contributed by atoms with Crippen molar-refractivity contribution in [3.05, 3.63) is 39.6 Å². The molecule has 1 aliphatic carbocycles. The van der Waals surface area contributed by atoms with E-state index in [1.54, 1.807) is 18.3 Å². The van der Waals surface area contributed by atoms with Crippen molar-refractivity contribution in [1.29, 1.82) is 0 Å². The van der Waals surface area contributed by atoms with Gasteiger partial charge in [0.1, 0.15) is 5.82 Å². The Labute approximate surface area is 120 Å². The number of aryl methyl sites for hydroxylation is 1. The number of nitrogens with zero attached hydrogens (tertiary/aromatic N) is 2. The van der Waals surface area contributed by atoms with Crippen LogP contribution in [0.5, 0.6) is 0 Å². The van der Waals surface area contributed by atoms with Crippen LogP contribution in [0.3, 0.4) is 0 Å². The molecule has 0 saturated heterocycles. The summed E-state index contributed by atoms with van der Waals surface area (Å²) in [4.78, 5) is 17.2. The number of imidazole rings is 1. The van der Waals surface area contributed by atoms with Gasteiger partial charge in [-0.2, -0.15) is 0 Å². The molecule has 4 nitrogen and oxygen atoms in total. The predicted octanol–water partition coefficient (Wildman–Crippen LogP) is 3.02. The van der Waals surface area contributed by atoms with Crippen molar-refractivity contribution in [1.82, 2.24) is 14.9 Å². The number of hydrogen-bond acceptors (Lipinski definition) is 3. The highest BCUT2D eigenvalue weighted by Crippen LogP contribution is 2.40. The molecule has 3 rings (SSSR count). The summed E-state index contributed by atoms with van der Waals surface area (Å²) in [5.74, 6) is 1.34. The fourth-order valence-corrected chi connectivity index (χ4v) is 3.09. The number of halogens is 1. The first-order valence-electron chi connectivity index (χ1n) is 6.18. The number of aromatic nitrogens is 2. The van der Waals surface area contributed by atoms with Crippen molar-refractivity contribution in [3.8, 4) is 0 Å². The normalized spacial score (nSPS) is 16.3. The molecule has 0 aliphatic heterocycles. The Morgan fingerprint density at radius 2 is 2.37 bits per heavy atom. The van der Waals surface area contributed by atoms with Crippen molar-refractivity contribution in [2.75, 3.05) is 0 Å². The molecular weight excluding hydrogens is 282 g/mol. The fraction of sp³-hybridized carbons (Fsp3) is 0.385. The molecule has 6 heteroatoms. The molecule has 1 atom stereocenters. The van der Waals surface area contributed by atoms with E-state index in [1.807, 2.05) is 17.8 Å². The third kappa shape index (κ3) is 2.67. The zero-order chi connectivity index (χ0) is 13.4. The lowest BCUT2D eigenvalue weighted by atomic mass is 10.1. The van der Waals surface area contributed by atoms with Crippen LogP contribution in [0.15, 0.2) is 24.5 Å². The highest BCUT2D eigenvalue weighted by Gasteiger charge is 2.36. The number of hydrogen-bond donors (Lipinski definition) is 1. The van der Waals surface area contributed by atoms with E-state index in [1.165, 1.54) is 11.3 Å². The van der Waals surface area contributed by atoms with E-state index >= 15 is 0 Å². The van der Waals surface area contributed by atoms with E-state index in [9.17, 15) is 4.79 Å². The van der Waals surface area contributed by atoms with Crippen LogP contribution >= 0.6 is 22.9 Å². The minimum Gasteiger partial charge on any atom is -0.341 e. The second kappa shape index (κ2) is 4.98. The Morgan fingerprint density at radius 1 is 1.58 bits per heavy atom. The van der Waals surface area contributed by atoms with E-state index in [-0.39, 0.29) is 11.9 Å². The fourth-order valence-electron chi connectivity index (χ4n) is 2.15. The molecule has 2 heterocycles. The summed E-state index contributed by atoms with van der Waals surface area (Å²) >= 11 is 7.16. The summed E-state index contributed by atoms with van der Waals surface area (Å²) in [6, 6.07) is 3.49. The second-order valence-electron chi connectivity index (χ2n) is 4.79. The average molecular weight is 296 g/mol. The van der Waals surface area contributed by atoms with Crippen molar-refractivity contribution in [2.24, 2.45) is 13.0 Å². The molecule has 0 radical (unpaired) electrons. The van der Waals surface area contributed by atoms with Gasteiger partial charge in [-0.25, -0.2) is 4.98 Å². The average Bonchev–Trinajstić information content (AvgIpc) is 3.00. The third-order valence-corrected chi connectivity index (χ3v) is 4.54. The van der Waals surface area contributed by atoms with Crippen molar-refractivity contribution in [3.63, 3.8) is 0 Å². The summed E-state index contributed by atoms with van der Waals surface area (Å²) in [5.41, 5.74) is 0. The van der Waals surface area contributed by atoms with Crippen molar-refractivity contribution in [2.45, 2.75) is 18.9 Å². The van der Waals surface area contributed by atoms with Gasteiger partial charge in [0, 0.05) is 19.4 Å². The Bertz CT molecular complexity index is 603. The van der Waals surface area contributed by atoms with Crippen molar-refractivity contribution < 1.29 is 4.79 Å². The molecule has 1 N–H and O–H groups in total. The molecule has 2 aromatic heterocycles. The van der Waals surface area contributed by atoms with Gasteiger partial charge in [0.2, 0.25) is 0 Å². The van der Waals surface area contributed by atoms with Crippen LogP contribution in [0.4, 0.5) is 0 Å². The molecule has 1 fully saturated rings. The monoisotopic (exact) mass is 295 g/mol. The minimum atomic E-state index is -0.0724. The first-order chi connectivity index (χ1) is 9.15. The zero-order valence-corrected chi connectivity index (χ0v) is 12.0. The first-order valence-corrected chi connectivity index (χ1v) is 7.38.